The highest BCUT2D eigenvalue weighted by Gasteiger charge is 2.03. The Morgan fingerprint density at radius 3 is 1.70 bits per heavy atom. The zero-order valence-corrected chi connectivity index (χ0v) is 10.3. The summed E-state index contributed by atoms with van der Waals surface area (Å²) >= 11 is 2.69. The lowest BCUT2D eigenvalue weighted by molar-refractivity contribution is 0.850. The van der Waals surface area contributed by atoms with Crippen LogP contribution in [0.3, 0.4) is 0 Å². The van der Waals surface area contributed by atoms with Crippen molar-refractivity contribution in [1.82, 2.24) is 0 Å². The van der Waals surface area contributed by atoms with Crippen LogP contribution in [0, 0.1) is 0 Å². The number of hydrogen-bond donors (Lipinski definition) is 0. The first-order valence-electron chi connectivity index (χ1n) is 4.31. The van der Waals surface area contributed by atoms with Gasteiger partial charge in [0.2, 0.25) is 0 Å². The van der Waals surface area contributed by atoms with Crippen LogP contribution in [0.4, 0.5) is 0 Å². The fourth-order valence-corrected chi connectivity index (χ4v) is 4.87. The Labute approximate surface area is 79.6 Å². The molecule has 0 nitrogen and oxygen atoms in total. The van der Waals surface area contributed by atoms with Crippen LogP contribution in [0.2, 0.25) is 12.1 Å². The summed E-state index contributed by atoms with van der Waals surface area (Å²) in [5.41, 5.74) is 0. The minimum atomic E-state index is 0.0551. The molecule has 0 saturated carbocycles. The van der Waals surface area contributed by atoms with Crippen LogP contribution in [0.15, 0.2) is 0 Å². The Morgan fingerprint density at radius 1 is 1.00 bits per heavy atom. The third kappa shape index (κ3) is 7.06. The van der Waals surface area contributed by atoms with Gasteiger partial charge in [0.15, 0.2) is 0 Å². The molecule has 0 unspecified atom stereocenters. The second kappa shape index (κ2) is 8.05. The molecule has 61 valence electrons. The molecule has 0 fully saturated rings. The summed E-state index contributed by atoms with van der Waals surface area (Å²) in [5, 5.41) is 0. The van der Waals surface area contributed by atoms with E-state index in [0.717, 1.165) is 0 Å². The van der Waals surface area contributed by atoms with Crippen LogP contribution in [0.5, 0.6) is 0 Å². The van der Waals surface area contributed by atoms with Crippen molar-refractivity contribution >= 4 is 28.1 Å². The van der Waals surface area contributed by atoms with Crippen LogP contribution >= 0.6 is 21.8 Å². The van der Waals surface area contributed by atoms with Gasteiger partial charge in [-0.15, -0.1) is 21.8 Å². The fourth-order valence-electron chi connectivity index (χ4n) is 0.862. The lowest BCUT2D eigenvalue weighted by Gasteiger charge is -2.03. The maximum Gasteiger partial charge on any atom is 0.129 e. The summed E-state index contributed by atoms with van der Waals surface area (Å²) in [6, 6.07) is 3.06. The molecule has 2 heteroatoms. The Balaban J connectivity index is 3.00. The summed E-state index contributed by atoms with van der Waals surface area (Å²) in [7, 11) is 0. The van der Waals surface area contributed by atoms with E-state index in [1.807, 2.05) is 0 Å². The molecular weight excluding hydrogens is 251 g/mol. The predicted octanol–water partition coefficient (Wildman–Crippen LogP) is 4.01. The largest absolute Gasteiger partial charge is 0.129 e. The molecule has 0 aliphatic rings. The molecule has 0 atom stereocenters. The summed E-state index contributed by atoms with van der Waals surface area (Å²) in [6.45, 7) is 4.57. The van der Waals surface area contributed by atoms with Gasteiger partial charge in [-0.25, -0.2) is 0 Å². The SMILES string of the molecule is CCCC[Si](I)CCCC. The van der Waals surface area contributed by atoms with Crippen molar-refractivity contribution in [1.29, 1.82) is 0 Å². The van der Waals surface area contributed by atoms with Crippen molar-refractivity contribution in [3.05, 3.63) is 0 Å². The third-order valence-electron chi connectivity index (χ3n) is 1.60. The second-order valence-corrected chi connectivity index (χ2v) is 9.34. The van der Waals surface area contributed by atoms with Crippen molar-refractivity contribution in [3.8, 4) is 0 Å². The molecule has 1 radical (unpaired) electrons. The van der Waals surface area contributed by atoms with Gasteiger partial charge in [-0.05, 0) is 12.1 Å². The first-order chi connectivity index (χ1) is 4.81. The van der Waals surface area contributed by atoms with Gasteiger partial charge >= 0.3 is 0 Å². The fraction of sp³-hybridized carbons (Fsp3) is 1.00. The van der Waals surface area contributed by atoms with E-state index in [1.165, 1.54) is 37.8 Å². The minimum absolute atomic E-state index is 0.0551. The highest BCUT2D eigenvalue weighted by atomic mass is 127. The van der Waals surface area contributed by atoms with E-state index in [-0.39, 0.29) is 6.29 Å². The van der Waals surface area contributed by atoms with Gasteiger partial charge in [-0.2, -0.15) is 0 Å². The third-order valence-corrected chi connectivity index (χ3v) is 6.63. The quantitative estimate of drug-likeness (QED) is 0.388. The van der Waals surface area contributed by atoms with Crippen molar-refractivity contribution in [3.63, 3.8) is 0 Å². The van der Waals surface area contributed by atoms with Gasteiger partial charge < -0.3 is 0 Å². The predicted molar refractivity (Wildman–Crippen MR) is 59.2 cm³/mol. The van der Waals surface area contributed by atoms with E-state index in [1.54, 1.807) is 0 Å². The average Bonchev–Trinajstić information content (AvgIpc) is 1.97. The molecular formula is C8H18ISi. The molecule has 0 aliphatic heterocycles. The molecule has 10 heavy (non-hydrogen) atoms. The molecule has 0 aromatic rings. The van der Waals surface area contributed by atoms with E-state index in [2.05, 4.69) is 35.6 Å². The van der Waals surface area contributed by atoms with Crippen molar-refractivity contribution in [2.24, 2.45) is 0 Å². The molecule has 0 heterocycles. The number of hydrogen-bond acceptors (Lipinski definition) is 0. The highest BCUT2D eigenvalue weighted by molar-refractivity contribution is 14.1. The van der Waals surface area contributed by atoms with Gasteiger partial charge in [0.05, 0.1) is 0 Å². The van der Waals surface area contributed by atoms with Crippen LogP contribution in [-0.4, -0.2) is 6.29 Å². The first kappa shape index (κ1) is 10.9. The van der Waals surface area contributed by atoms with Gasteiger partial charge in [0.1, 0.15) is 6.29 Å². The van der Waals surface area contributed by atoms with Crippen LogP contribution in [-0.2, 0) is 0 Å². The first-order valence-corrected chi connectivity index (χ1v) is 9.34. The van der Waals surface area contributed by atoms with Crippen molar-refractivity contribution in [2.75, 3.05) is 0 Å². The second-order valence-electron chi connectivity index (χ2n) is 2.72. The minimum Gasteiger partial charge on any atom is -0.121 e. The lowest BCUT2D eigenvalue weighted by atomic mass is 10.4. The standard InChI is InChI=1S/C8H18ISi/c1-3-5-7-10(9)8-6-4-2/h3-8H2,1-2H3. The summed E-state index contributed by atoms with van der Waals surface area (Å²) in [4.78, 5) is 0. The van der Waals surface area contributed by atoms with Crippen molar-refractivity contribution in [2.45, 2.75) is 51.6 Å². The molecule has 0 saturated heterocycles. The van der Waals surface area contributed by atoms with Gasteiger partial charge in [0.25, 0.3) is 0 Å². The van der Waals surface area contributed by atoms with E-state index >= 15 is 0 Å². The maximum absolute atomic E-state index is 2.69. The zero-order valence-electron chi connectivity index (χ0n) is 7.12. The zero-order chi connectivity index (χ0) is 7.82. The number of rotatable bonds is 6. The summed E-state index contributed by atoms with van der Waals surface area (Å²) in [6.07, 6.45) is 5.73. The molecule has 0 rings (SSSR count). The van der Waals surface area contributed by atoms with Crippen LogP contribution in [0.25, 0.3) is 0 Å². The average molecular weight is 269 g/mol. The smallest absolute Gasteiger partial charge is 0.121 e. The van der Waals surface area contributed by atoms with Crippen LogP contribution in [0.1, 0.15) is 39.5 Å². The number of unbranched alkanes of at least 4 members (excludes halogenated alkanes) is 2. The summed E-state index contributed by atoms with van der Waals surface area (Å²) in [5.74, 6) is 0. The molecule has 0 spiro atoms. The molecule has 0 aromatic carbocycles. The Kier molecular flexibility index (Phi) is 8.81. The highest BCUT2D eigenvalue weighted by Crippen LogP contribution is 2.14. The molecule has 0 aliphatic carbocycles. The Hall–Kier alpha value is 0.947. The summed E-state index contributed by atoms with van der Waals surface area (Å²) < 4.78 is 0. The number of halogens is 1. The van der Waals surface area contributed by atoms with E-state index in [0.29, 0.717) is 0 Å². The van der Waals surface area contributed by atoms with E-state index in [4.69, 9.17) is 0 Å². The molecule has 0 amide bonds. The Morgan fingerprint density at radius 2 is 1.40 bits per heavy atom. The topological polar surface area (TPSA) is 0 Å². The Bertz CT molecular complexity index is 58.3. The monoisotopic (exact) mass is 269 g/mol. The van der Waals surface area contributed by atoms with Gasteiger partial charge in [-0.1, -0.05) is 39.5 Å². The maximum atomic E-state index is 2.69. The normalized spacial score (nSPS) is 10.8. The van der Waals surface area contributed by atoms with Crippen molar-refractivity contribution < 1.29 is 0 Å². The van der Waals surface area contributed by atoms with E-state index in [9.17, 15) is 0 Å². The van der Waals surface area contributed by atoms with Gasteiger partial charge in [0, 0.05) is 0 Å². The van der Waals surface area contributed by atoms with Gasteiger partial charge in [-0.3, -0.25) is 0 Å². The van der Waals surface area contributed by atoms with Crippen LogP contribution < -0.4 is 0 Å². The lowest BCUT2D eigenvalue weighted by Crippen LogP contribution is -2.00. The molecule has 0 N–H and O–H groups in total. The molecule has 0 bridgehead atoms. The van der Waals surface area contributed by atoms with E-state index < -0.39 is 0 Å². The molecule has 0 aromatic heterocycles.